The molecular weight excluding hydrogens is 386 g/mol. The van der Waals surface area contributed by atoms with Gasteiger partial charge >= 0.3 is 0 Å². The van der Waals surface area contributed by atoms with Crippen LogP contribution in [0.1, 0.15) is 59.7 Å². The van der Waals surface area contributed by atoms with Crippen LogP contribution >= 0.6 is 0 Å². The molecule has 1 aromatic carbocycles. The Morgan fingerprint density at radius 1 is 1.23 bits per heavy atom. The first-order chi connectivity index (χ1) is 14.4. The monoisotopic (exact) mass is 410 g/mol. The van der Waals surface area contributed by atoms with E-state index in [0.717, 1.165) is 31.4 Å². The molecule has 1 amide bonds. The third kappa shape index (κ3) is 3.26. The number of alkyl halides is 2. The van der Waals surface area contributed by atoms with E-state index in [9.17, 15) is 13.6 Å². The number of hydrogen-bond donors (Lipinski definition) is 0. The molecule has 30 heavy (non-hydrogen) atoms. The Morgan fingerprint density at radius 2 is 2.03 bits per heavy atom. The highest BCUT2D eigenvalue weighted by Crippen LogP contribution is 2.42. The zero-order valence-corrected chi connectivity index (χ0v) is 17.2. The van der Waals surface area contributed by atoms with Gasteiger partial charge in [-0.25, -0.2) is 18.4 Å². The Kier molecular flexibility index (Phi) is 4.56. The van der Waals surface area contributed by atoms with E-state index < -0.39 is 6.43 Å². The van der Waals surface area contributed by atoms with Crippen LogP contribution in [0.5, 0.6) is 0 Å². The Hall–Kier alpha value is -2.83. The smallest absolute Gasteiger partial charge is 0.264 e. The number of carbonyl (C=O) groups excluding carboxylic acids is 1. The first kappa shape index (κ1) is 19.2. The molecule has 7 heteroatoms. The van der Waals surface area contributed by atoms with E-state index in [2.05, 4.69) is 16.1 Å². The highest BCUT2D eigenvalue weighted by molar-refractivity contribution is 5.95. The van der Waals surface area contributed by atoms with Gasteiger partial charge in [0.2, 0.25) is 5.91 Å². The normalized spacial score (nSPS) is 16.4. The van der Waals surface area contributed by atoms with Crippen LogP contribution in [0.4, 0.5) is 14.5 Å². The number of aromatic nitrogens is 3. The van der Waals surface area contributed by atoms with E-state index in [0.29, 0.717) is 29.0 Å². The molecule has 0 spiro atoms. The molecule has 1 aliphatic carbocycles. The van der Waals surface area contributed by atoms with Crippen molar-refractivity contribution in [3.05, 3.63) is 52.3 Å². The van der Waals surface area contributed by atoms with Crippen molar-refractivity contribution in [1.29, 1.82) is 0 Å². The summed E-state index contributed by atoms with van der Waals surface area (Å²) in [6.07, 6.45) is 1.20. The van der Waals surface area contributed by atoms with Gasteiger partial charge in [0.05, 0.1) is 11.1 Å². The summed E-state index contributed by atoms with van der Waals surface area (Å²) in [5.41, 5.74) is 4.81. The molecule has 2 aromatic heterocycles. The first-order valence-corrected chi connectivity index (χ1v) is 10.5. The van der Waals surface area contributed by atoms with Crippen molar-refractivity contribution in [2.75, 3.05) is 11.4 Å². The zero-order valence-electron chi connectivity index (χ0n) is 17.2. The summed E-state index contributed by atoms with van der Waals surface area (Å²) in [6, 6.07) is 7.65. The van der Waals surface area contributed by atoms with Crippen molar-refractivity contribution < 1.29 is 13.6 Å². The highest BCUT2D eigenvalue weighted by Gasteiger charge is 2.30. The molecule has 0 bridgehead atoms. The fourth-order valence-electron chi connectivity index (χ4n) is 4.48. The zero-order chi connectivity index (χ0) is 21.0. The number of carbonyl (C=O) groups is 1. The summed E-state index contributed by atoms with van der Waals surface area (Å²) in [5.74, 6) is 0.143. The number of nitrogens with zero attached hydrogens (tertiary/aromatic N) is 4. The van der Waals surface area contributed by atoms with E-state index in [1.165, 1.54) is 21.9 Å². The Balaban J connectivity index is 1.53. The van der Waals surface area contributed by atoms with Gasteiger partial charge in [0.1, 0.15) is 6.54 Å². The molecular formula is C23H24F2N4O. The molecule has 0 radical (unpaired) electrons. The van der Waals surface area contributed by atoms with Crippen LogP contribution in [-0.2, 0) is 17.8 Å². The molecule has 0 unspecified atom stereocenters. The molecule has 0 saturated heterocycles. The van der Waals surface area contributed by atoms with Gasteiger partial charge in [-0.15, -0.1) is 0 Å². The van der Waals surface area contributed by atoms with Crippen LogP contribution in [0, 0.1) is 13.8 Å². The fourth-order valence-corrected chi connectivity index (χ4v) is 4.48. The van der Waals surface area contributed by atoms with Crippen molar-refractivity contribution in [2.24, 2.45) is 0 Å². The Labute approximate surface area is 173 Å². The molecule has 3 heterocycles. The second kappa shape index (κ2) is 7.15. The van der Waals surface area contributed by atoms with Gasteiger partial charge in [0, 0.05) is 29.4 Å². The van der Waals surface area contributed by atoms with Gasteiger partial charge in [-0.05, 0) is 57.2 Å². The van der Waals surface area contributed by atoms with Gasteiger partial charge in [0.25, 0.3) is 6.43 Å². The lowest BCUT2D eigenvalue weighted by Crippen LogP contribution is -2.38. The summed E-state index contributed by atoms with van der Waals surface area (Å²) < 4.78 is 29.0. The van der Waals surface area contributed by atoms with Gasteiger partial charge in [0.15, 0.2) is 5.65 Å². The van der Waals surface area contributed by atoms with Crippen molar-refractivity contribution in [1.82, 2.24) is 14.8 Å². The number of hydrogen-bond acceptors (Lipinski definition) is 3. The lowest BCUT2D eigenvalue weighted by Gasteiger charge is -2.29. The lowest BCUT2D eigenvalue weighted by molar-refractivity contribution is -0.119. The molecule has 5 rings (SSSR count). The van der Waals surface area contributed by atoms with Crippen molar-refractivity contribution in [2.45, 2.75) is 58.4 Å². The van der Waals surface area contributed by atoms with E-state index >= 15 is 0 Å². The predicted molar refractivity (Wildman–Crippen MR) is 111 cm³/mol. The number of halogens is 2. The highest BCUT2D eigenvalue weighted by atomic mass is 19.3. The molecule has 1 fully saturated rings. The number of benzene rings is 1. The third-order valence-corrected chi connectivity index (χ3v) is 6.10. The second-order valence-electron chi connectivity index (χ2n) is 8.43. The van der Waals surface area contributed by atoms with E-state index in [1.807, 2.05) is 19.1 Å². The SMILES string of the molecule is Cc1ccc2c(c1)CCCN2C(=O)Cn1nc(C)c2c(C(F)F)cc(C3CC3)nc21. The van der Waals surface area contributed by atoms with E-state index in [1.54, 1.807) is 11.8 Å². The van der Waals surface area contributed by atoms with Crippen LogP contribution < -0.4 is 4.90 Å². The van der Waals surface area contributed by atoms with E-state index in [4.69, 9.17) is 0 Å². The molecule has 5 nitrogen and oxygen atoms in total. The average molecular weight is 410 g/mol. The second-order valence-corrected chi connectivity index (χ2v) is 8.43. The molecule has 0 N–H and O–H groups in total. The molecule has 0 atom stereocenters. The van der Waals surface area contributed by atoms with Crippen molar-refractivity contribution >= 4 is 22.6 Å². The third-order valence-electron chi connectivity index (χ3n) is 6.10. The number of anilines is 1. The topological polar surface area (TPSA) is 51.0 Å². The maximum absolute atomic E-state index is 13.8. The number of aryl methyl sites for hydroxylation is 3. The molecule has 3 aromatic rings. The number of amides is 1. The number of rotatable bonds is 4. The minimum atomic E-state index is -2.60. The molecule has 156 valence electrons. The average Bonchev–Trinajstić information content (AvgIpc) is 3.52. The Morgan fingerprint density at radius 3 is 2.77 bits per heavy atom. The van der Waals surface area contributed by atoms with Crippen LogP contribution in [-0.4, -0.2) is 27.2 Å². The maximum Gasteiger partial charge on any atom is 0.264 e. The summed E-state index contributed by atoms with van der Waals surface area (Å²) >= 11 is 0. The van der Waals surface area contributed by atoms with Crippen molar-refractivity contribution in [3.8, 4) is 0 Å². The summed E-state index contributed by atoms with van der Waals surface area (Å²) in [5, 5.41) is 4.80. The maximum atomic E-state index is 13.8. The lowest BCUT2D eigenvalue weighted by atomic mass is 9.99. The Bertz CT molecular complexity index is 1150. The van der Waals surface area contributed by atoms with Gasteiger partial charge in [-0.1, -0.05) is 17.7 Å². The van der Waals surface area contributed by atoms with Gasteiger partial charge in [-0.2, -0.15) is 5.10 Å². The molecule has 1 saturated carbocycles. The predicted octanol–water partition coefficient (Wildman–Crippen LogP) is 4.84. The standard InChI is InChI=1S/C23H24F2N4O/c1-13-5-8-19-16(10-13)4-3-9-28(19)20(30)12-29-23-21(14(2)27-29)17(22(24)25)11-18(26-23)15-6-7-15/h5,8,10-11,15,22H,3-4,6-7,9,12H2,1-2H3. The summed E-state index contributed by atoms with van der Waals surface area (Å²) in [4.78, 5) is 19.7. The summed E-state index contributed by atoms with van der Waals surface area (Å²) in [7, 11) is 0. The van der Waals surface area contributed by atoms with Gasteiger partial charge in [-0.3, -0.25) is 4.79 Å². The summed E-state index contributed by atoms with van der Waals surface area (Å²) in [6.45, 7) is 4.38. The van der Waals surface area contributed by atoms with Crippen LogP contribution in [0.15, 0.2) is 24.3 Å². The number of pyridine rings is 1. The minimum Gasteiger partial charge on any atom is -0.311 e. The molecule has 1 aliphatic heterocycles. The largest absolute Gasteiger partial charge is 0.311 e. The first-order valence-electron chi connectivity index (χ1n) is 10.5. The minimum absolute atomic E-state index is 0.0124. The van der Waals surface area contributed by atoms with E-state index in [-0.39, 0.29) is 23.9 Å². The molecule has 2 aliphatic rings. The van der Waals surface area contributed by atoms with Crippen LogP contribution in [0.2, 0.25) is 0 Å². The van der Waals surface area contributed by atoms with Crippen molar-refractivity contribution in [3.63, 3.8) is 0 Å². The fraction of sp³-hybridized carbons (Fsp3) is 0.435. The van der Waals surface area contributed by atoms with Gasteiger partial charge < -0.3 is 4.90 Å². The quantitative estimate of drug-likeness (QED) is 0.618. The number of fused-ring (bicyclic) bond motifs is 2. The van der Waals surface area contributed by atoms with Crippen LogP contribution in [0.25, 0.3) is 11.0 Å². The van der Waals surface area contributed by atoms with Crippen LogP contribution in [0.3, 0.4) is 0 Å².